The van der Waals surface area contributed by atoms with Crippen molar-refractivity contribution in [3.05, 3.63) is 22.9 Å². The van der Waals surface area contributed by atoms with Crippen LogP contribution in [0.4, 0.5) is 19.0 Å². The molecule has 0 atom stereocenters. The highest BCUT2D eigenvalue weighted by Gasteiger charge is 2.35. The highest BCUT2D eigenvalue weighted by molar-refractivity contribution is 5.45. The summed E-state index contributed by atoms with van der Waals surface area (Å²) >= 11 is 0. The second-order valence-electron chi connectivity index (χ2n) is 3.23. The maximum absolute atomic E-state index is 12.7. The van der Waals surface area contributed by atoms with E-state index in [1.807, 2.05) is 0 Å². The first-order valence-corrected chi connectivity index (χ1v) is 4.65. The van der Waals surface area contributed by atoms with E-state index >= 15 is 0 Å². The standard InChI is InChI=1S/C10H13F3N2/c1-4-7-5-8(14-3)15-6(2)9(7)10(11,12)13/h5H,4H2,1-3H3,(H,14,15). The molecule has 0 aliphatic heterocycles. The van der Waals surface area contributed by atoms with Crippen LogP contribution >= 0.6 is 0 Å². The Morgan fingerprint density at radius 2 is 2.00 bits per heavy atom. The predicted octanol–water partition coefficient (Wildman–Crippen LogP) is 3.01. The molecule has 1 rings (SSSR count). The van der Waals surface area contributed by atoms with Gasteiger partial charge in [0, 0.05) is 7.05 Å². The zero-order valence-electron chi connectivity index (χ0n) is 8.87. The summed E-state index contributed by atoms with van der Waals surface area (Å²) in [6, 6.07) is 1.44. The van der Waals surface area contributed by atoms with E-state index in [1.165, 1.54) is 13.0 Å². The summed E-state index contributed by atoms with van der Waals surface area (Å²) in [5, 5.41) is 2.74. The number of halogens is 3. The van der Waals surface area contributed by atoms with Gasteiger partial charge in [0.1, 0.15) is 5.82 Å². The molecule has 0 radical (unpaired) electrons. The van der Waals surface area contributed by atoms with Gasteiger partial charge in [0.25, 0.3) is 0 Å². The second kappa shape index (κ2) is 4.08. The highest BCUT2D eigenvalue weighted by Crippen LogP contribution is 2.35. The zero-order chi connectivity index (χ0) is 11.6. The lowest BCUT2D eigenvalue weighted by Crippen LogP contribution is -2.13. The fraction of sp³-hybridized carbons (Fsp3) is 0.500. The van der Waals surface area contributed by atoms with Crippen molar-refractivity contribution in [3.63, 3.8) is 0 Å². The molecule has 0 bridgehead atoms. The fourth-order valence-corrected chi connectivity index (χ4v) is 1.53. The third-order valence-electron chi connectivity index (χ3n) is 2.20. The first kappa shape index (κ1) is 11.8. The smallest absolute Gasteiger partial charge is 0.373 e. The summed E-state index contributed by atoms with van der Waals surface area (Å²) in [6.07, 6.45) is -3.98. The Kier molecular flexibility index (Phi) is 3.21. The monoisotopic (exact) mass is 218 g/mol. The van der Waals surface area contributed by atoms with Gasteiger partial charge in [-0.2, -0.15) is 13.2 Å². The van der Waals surface area contributed by atoms with Gasteiger partial charge in [0.15, 0.2) is 0 Å². The van der Waals surface area contributed by atoms with E-state index in [0.717, 1.165) is 0 Å². The number of aryl methyl sites for hydroxylation is 2. The number of nitrogens with one attached hydrogen (secondary N) is 1. The largest absolute Gasteiger partial charge is 0.418 e. The van der Waals surface area contributed by atoms with E-state index in [2.05, 4.69) is 10.3 Å². The van der Waals surface area contributed by atoms with Crippen LogP contribution in [0.15, 0.2) is 6.07 Å². The van der Waals surface area contributed by atoms with Crippen molar-refractivity contribution in [1.82, 2.24) is 4.98 Å². The molecule has 0 amide bonds. The maximum Gasteiger partial charge on any atom is 0.418 e. The van der Waals surface area contributed by atoms with Crippen molar-refractivity contribution in [2.45, 2.75) is 26.4 Å². The van der Waals surface area contributed by atoms with Crippen LogP contribution in [-0.2, 0) is 12.6 Å². The normalized spacial score (nSPS) is 11.6. The summed E-state index contributed by atoms with van der Waals surface area (Å²) in [4.78, 5) is 3.84. The number of anilines is 1. The van der Waals surface area contributed by atoms with Crippen molar-refractivity contribution < 1.29 is 13.2 Å². The van der Waals surface area contributed by atoms with Crippen LogP contribution in [-0.4, -0.2) is 12.0 Å². The summed E-state index contributed by atoms with van der Waals surface area (Å²) < 4.78 is 38.0. The van der Waals surface area contributed by atoms with Gasteiger partial charge in [-0.05, 0) is 25.0 Å². The first-order chi connectivity index (χ1) is 6.90. The van der Waals surface area contributed by atoms with Gasteiger partial charge in [-0.15, -0.1) is 0 Å². The van der Waals surface area contributed by atoms with Crippen molar-refractivity contribution in [2.24, 2.45) is 0 Å². The molecule has 0 fully saturated rings. The van der Waals surface area contributed by atoms with Crippen LogP contribution in [0.1, 0.15) is 23.7 Å². The van der Waals surface area contributed by atoms with Crippen LogP contribution < -0.4 is 5.32 Å². The second-order valence-corrected chi connectivity index (χ2v) is 3.23. The molecule has 0 aromatic carbocycles. The maximum atomic E-state index is 12.7. The Morgan fingerprint density at radius 1 is 1.40 bits per heavy atom. The molecule has 0 aliphatic rings. The molecule has 0 saturated heterocycles. The molecular weight excluding hydrogens is 205 g/mol. The summed E-state index contributed by atoms with van der Waals surface area (Å²) in [5.74, 6) is 0.470. The van der Waals surface area contributed by atoms with Crippen molar-refractivity contribution in [2.75, 3.05) is 12.4 Å². The lowest BCUT2D eigenvalue weighted by Gasteiger charge is -2.15. The molecule has 0 saturated carbocycles. The molecule has 0 unspecified atom stereocenters. The Labute approximate surface area is 86.5 Å². The van der Waals surface area contributed by atoms with Gasteiger partial charge in [0.05, 0.1) is 11.3 Å². The summed E-state index contributed by atoms with van der Waals surface area (Å²) in [5.41, 5.74) is -0.311. The molecular formula is C10H13F3N2. The number of alkyl halides is 3. The van der Waals surface area contributed by atoms with Crippen molar-refractivity contribution >= 4 is 5.82 Å². The molecule has 84 valence electrons. The number of hydrogen-bond acceptors (Lipinski definition) is 2. The number of pyridine rings is 1. The molecule has 1 heterocycles. The Hall–Kier alpha value is -1.26. The summed E-state index contributed by atoms with van der Waals surface area (Å²) in [7, 11) is 1.63. The molecule has 5 heteroatoms. The van der Waals surface area contributed by atoms with E-state index in [0.29, 0.717) is 12.2 Å². The molecule has 0 aliphatic carbocycles. The first-order valence-electron chi connectivity index (χ1n) is 4.65. The van der Waals surface area contributed by atoms with E-state index in [-0.39, 0.29) is 11.3 Å². The van der Waals surface area contributed by atoms with E-state index in [9.17, 15) is 13.2 Å². The molecule has 1 aromatic rings. The highest BCUT2D eigenvalue weighted by atomic mass is 19.4. The topological polar surface area (TPSA) is 24.9 Å². The number of rotatable bonds is 2. The van der Waals surface area contributed by atoms with Crippen LogP contribution in [0.3, 0.4) is 0 Å². The molecule has 0 spiro atoms. The third kappa shape index (κ3) is 2.40. The van der Waals surface area contributed by atoms with Gasteiger partial charge in [0.2, 0.25) is 0 Å². The minimum atomic E-state index is -4.32. The van der Waals surface area contributed by atoms with Crippen LogP contribution in [0.5, 0.6) is 0 Å². The number of aromatic nitrogens is 1. The van der Waals surface area contributed by atoms with Crippen LogP contribution in [0, 0.1) is 6.92 Å². The van der Waals surface area contributed by atoms with Gasteiger partial charge in [-0.1, -0.05) is 6.92 Å². The number of hydrogen-bond donors (Lipinski definition) is 1. The molecule has 1 N–H and O–H groups in total. The minimum absolute atomic E-state index is 0.0196. The number of nitrogens with zero attached hydrogens (tertiary/aromatic N) is 1. The van der Waals surface area contributed by atoms with Gasteiger partial charge in [-0.3, -0.25) is 0 Å². The summed E-state index contributed by atoms with van der Waals surface area (Å²) in [6.45, 7) is 3.08. The molecule has 15 heavy (non-hydrogen) atoms. The zero-order valence-corrected chi connectivity index (χ0v) is 8.87. The Balaban J connectivity index is 3.38. The van der Waals surface area contributed by atoms with Crippen molar-refractivity contribution in [1.29, 1.82) is 0 Å². The van der Waals surface area contributed by atoms with E-state index < -0.39 is 11.7 Å². The van der Waals surface area contributed by atoms with Crippen LogP contribution in [0.25, 0.3) is 0 Å². The van der Waals surface area contributed by atoms with E-state index in [4.69, 9.17) is 0 Å². The van der Waals surface area contributed by atoms with Gasteiger partial charge in [-0.25, -0.2) is 4.98 Å². The predicted molar refractivity (Wildman–Crippen MR) is 52.9 cm³/mol. The fourth-order valence-electron chi connectivity index (χ4n) is 1.53. The Morgan fingerprint density at radius 3 is 2.40 bits per heavy atom. The van der Waals surface area contributed by atoms with Gasteiger partial charge < -0.3 is 5.32 Å². The SMILES string of the molecule is CCc1cc(NC)nc(C)c1C(F)(F)F. The lowest BCUT2D eigenvalue weighted by molar-refractivity contribution is -0.138. The van der Waals surface area contributed by atoms with Gasteiger partial charge >= 0.3 is 6.18 Å². The molecule has 1 aromatic heterocycles. The lowest BCUT2D eigenvalue weighted by atomic mass is 10.0. The average Bonchev–Trinajstić information content (AvgIpc) is 2.14. The van der Waals surface area contributed by atoms with Crippen molar-refractivity contribution in [3.8, 4) is 0 Å². The Bertz CT molecular complexity index is 358. The minimum Gasteiger partial charge on any atom is -0.373 e. The van der Waals surface area contributed by atoms with E-state index in [1.54, 1.807) is 14.0 Å². The molecule has 2 nitrogen and oxygen atoms in total. The van der Waals surface area contributed by atoms with Crippen LogP contribution in [0.2, 0.25) is 0 Å². The quantitative estimate of drug-likeness (QED) is 0.825. The average molecular weight is 218 g/mol. The third-order valence-corrected chi connectivity index (χ3v) is 2.20.